The number of halogens is 2. The second-order valence-electron chi connectivity index (χ2n) is 4.78. The lowest BCUT2D eigenvalue weighted by Gasteiger charge is -2.08. The van der Waals surface area contributed by atoms with Crippen molar-refractivity contribution in [2.24, 2.45) is 5.73 Å². The van der Waals surface area contributed by atoms with Gasteiger partial charge < -0.3 is 10.3 Å². The van der Waals surface area contributed by atoms with Gasteiger partial charge in [0.25, 0.3) is 0 Å². The van der Waals surface area contributed by atoms with Crippen molar-refractivity contribution in [3.8, 4) is 0 Å². The van der Waals surface area contributed by atoms with E-state index < -0.39 is 0 Å². The monoisotopic (exact) mass is 318 g/mol. The van der Waals surface area contributed by atoms with Gasteiger partial charge in [0.1, 0.15) is 10.8 Å². The number of nitrogens with two attached hydrogens (primary N) is 1. The van der Waals surface area contributed by atoms with Gasteiger partial charge in [-0.25, -0.2) is 4.39 Å². The van der Waals surface area contributed by atoms with Crippen molar-refractivity contribution in [1.29, 1.82) is 0 Å². The topological polar surface area (TPSA) is 30.9 Å². The second kappa shape index (κ2) is 5.47. The summed E-state index contributed by atoms with van der Waals surface area (Å²) in [6.07, 6.45) is 1.95. The molecule has 3 rings (SSSR count). The predicted octanol–water partition coefficient (Wildman–Crippen LogP) is 4.12. The van der Waals surface area contributed by atoms with Crippen molar-refractivity contribution in [2.75, 3.05) is 0 Å². The molecule has 0 unspecified atom stereocenters. The minimum atomic E-state index is -0.336. The van der Waals surface area contributed by atoms with Crippen molar-refractivity contribution in [3.63, 3.8) is 0 Å². The highest BCUT2D eigenvalue weighted by atomic mass is 35.5. The summed E-state index contributed by atoms with van der Waals surface area (Å²) in [7, 11) is 0. The van der Waals surface area contributed by atoms with Gasteiger partial charge in [-0.15, -0.1) is 0 Å². The zero-order valence-corrected chi connectivity index (χ0v) is 12.6. The summed E-state index contributed by atoms with van der Waals surface area (Å²) in [6, 6.07) is 12.2. The van der Waals surface area contributed by atoms with Crippen LogP contribution >= 0.6 is 23.8 Å². The molecule has 2 nitrogen and oxygen atoms in total. The fraction of sp³-hybridized carbons (Fsp3) is 0.0625. The van der Waals surface area contributed by atoms with E-state index in [2.05, 4.69) is 0 Å². The van der Waals surface area contributed by atoms with Gasteiger partial charge in [0, 0.05) is 34.2 Å². The molecule has 106 valence electrons. The Bertz CT molecular complexity index is 841. The maximum Gasteiger partial charge on any atom is 0.124 e. The third kappa shape index (κ3) is 2.64. The van der Waals surface area contributed by atoms with Gasteiger partial charge in [0.05, 0.1) is 0 Å². The van der Waals surface area contributed by atoms with E-state index in [0.717, 1.165) is 22.0 Å². The Kier molecular flexibility index (Phi) is 3.66. The Hall–Kier alpha value is -1.91. The quantitative estimate of drug-likeness (QED) is 0.737. The van der Waals surface area contributed by atoms with Gasteiger partial charge in [-0.2, -0.15) is 0 Å². The van der Waals surface area contributed by atoms with Crippen molar-refractivity contribution >= 4 is 39.7 Å². The molecule has 1 aromatic heterocycles. The van der Waals surface area contributed by atoms with Gasteiger partial charge in [0.2, 0.25) is 0 Å². The summed E-state index contributed by atoms with van der Waals surface area (Å²) in [5, 5.41) is 1.42. The van der Waals surface area contributed by atoms with E-state index in [9.17, 15) is 4.39 Å². The first-order valence-electron chi connectivity index (χ1n) is 6.38. The van der Waals surface area contributed by atoms with E-state index in [1.54, 1.807) is 6.07 Å². The van der Waals surface area contributed by atoms with Crippen LogP contribution in [0.4, 0.5) is 4.39 Å². The zero-order chi connectivity index (χ0) is 15.0. The molecular weight excluding hydrogens is 307 g/mol. The number of hydrogen-bond donors (Lipinski definition) is 1. The summed E-state index contributed by atoms with van der Waals surface area (Å²) >= 11 is 11.2. The van der Waals surface area contributed by atoms with Gasteiger partial charge in [-0.3, -0.25) is 0 Å². The van der Waals surface area contributed by atoms with Gasteiger partial charge >= 0.3 is 0 Å². The Morgan fingerprint density at radius 3 is 2.76 bits per heavy atom. The molecule has 2 N–H and O–H groups in total. The van der Waals surface area contributed by atoms with Crippen LogP contribution in [0.3, 0.4) is 0 Å². The molecule has 21 heavy (non-hydrogen) atoms. The fourth-order valence-corrected chi connectivity index (χ4v) is 2.81. The number of hydrogen-bond acceptors (Lipinski definition) is 1. The highest BCUT2D eigenvalue weighted by molar-refractivity contribution is 7.80. The van der Waals surface area contributed by atoms with Crippen LogP contribution in [0, 0.1) is 5.82 Å². The van der Waals surface area contributed by atoms with Crippen molar-refractivity contribution in [1.82, 2.24) is 4.57 Å². The summed E-state index contributed by atoms with van der Waals surface area (Å²) in [6.45, 7) is 0.559. The molecule has 0 bridgehead atoms. The van der Waals surface area contributed by atoms with Crippen molar-refractivity contribution in [3.05, 3.63) is 70.6 Å². The minimum absolute atomic E-state index is 0.336. The molecule has 0 amide bonds. The maximum atomic E-state index is 13.1. The van der Waals surface area contributed by atoms with Crippen LogP contribution < -0.4 is 5.73 Å². The molecule has 3 aromatic rings. The number of benzene rings is 2. The molecule has 0 aliphatic carbocycles. The molecule has 5 heteroatoms. The third-order valence-corrected chi connectivity index (χ3v) is 4.01. The number of aromatic nitrogens is 1. The number of nitrogens with zero attached hydrogens (tertiary/aromatic N) is 1. The second-order valence-corrected chi connectivity index (χ2v) is 5.63. The normalized spacial score (nSPS) is 11.0. The predicted molar refractivity (Wildman–Crippen MR) is 88.3 cm³/mol. The number of thiocarbonyl (C=S) groups is 1. The number of rotatable bonds is 3. The maximum absolute atomic E-state index is 13.1. The van der Waals surface area contributed by atoms with E-state index in [4.69, 9.17) is 29.6 Å². The van der Waals surface area contributed by atoms with E-state index in [1.165, 1.54) is 12.1 Å². The van der Waals surface area contributed by atoms with Crippen LogP contribution in [0.2, 0.25) is 5.02 Å². The van der Waals surface area contributed by atoms with Crippen LogP contribution in [0.5, 0.6) is 0 Å². The van der Waals surface area contributed by atoms with E-state index in [-0.39, 0.29) is 5.82 Å². The highest BCUT2D eigenvalue weighted by Crippen LogP contribution is 2.24. The summed E-state index contributed by atoms with van der Waals surface area (Å²) in [5.74, 6) is -0.336. The SMILES string of the molecule is NC(=S)c1cccc2c1ccn2Cc1ccc(F)cc1Cl. The van der Waals surface area contributed by atoms with Crippen LogP contribution in [0.15, 0.2) is 48.7 Å². The highest BCUT2D eigenvalue weighted by Gasteiger charge is 2.09. The van der Waals surface area contributed by atoms with Crippen LogP contribution in [-0.4, -0.2) is 9.56 Å². The van der Waals surface area contributed by atoms with E-state index >= 15 is 0 Å². The Morgan fingerprint density at radius 1 is 1.24 bits per heavy atom. The fourth-order valence-electron chi connectivity index (χ4n) is 2.41. The van der Waals surface area contributed by atoms with Gasteiger partial charge in [-0.1, -0.05) is 42.0 Å². The lowest BCUT2D eigenvalue weighted by molar-refractivity contribution is 0.626. The summed E-state index contributed by atoms with van der Waals surface area (Å²) < 4.78 is 15.1. The first-order chi connectivity index (χ1) is 10.1. The van der Waals surface area contributed by atoms with Crippen LogP contribution in [0.25, 0.3) is 10.9 Å². The first-order valence-corrected chi connectivity index (χ1v) is 7.16. The van der Waals surface area contributed by atoms with Gasteiger partial charge in [-0.05, 0) is 29.8 Å². The largest absolute Gasteiger partial charge is 0.389 e. The van der Waals surface area contributed by atoms with Crippen molar-refractivity contribution in [2.45, 2.75) is 6.54 Å². The Labute approximate surface area is 131 Å². The van der Waals surface area contributed by atoms with Crippen LogP contribution in [-0.2, 0) is 6.54 Å². The first kappa shape index (κ1) is 14.0. The molecule has 0 spiro atoms. The minimum Gasteiger partial charge on any atom is -0.389 e. The average molecular weight is 319 g/mol. The lowest BCUT2D eigenvalue weighted by atomic mass is 10.1. The standard InChI is InChI=1S/C16H12ClFN2S/c17-14-8-11(18)5-4-10(14)9-20-7-6-12-13(16(19)21)2-1-3-15(12)20/h1-8H,9H2,(H2,19,21). The molecule has 1 heterocycles. The van der Waals surface area contributed by atoms with E-state index in [1.807, 2.05) is 35.0 Å². The molecule has 0 radical (unpaired) electrons. The molecule has 0 fully saturated rings. The van der Waals surface area contributed by atoms with Crippen molar-refractivity contribution < 1.29 is 4.39 Å². The smallest absolute Gasteiger partial charge is 0.124 e. The molecule has 0 aliphatic heterocycles. The molecule has 0 atom stereocenters. The number of fused-ring (bicyclic) bond motifs is 1. The van der Waals surface area contributed by atoms with Crippen LogP contribution in [0.1, 0.15) is 11.1 Å². The summed E-state index contributed by atoms with van der Waals surface area (Å²) in [5.41, 5.74) is 8.47. The molecule has 2 aromatic carbocycles. The molecular formula is C16H12ClFN2S. The third-order valence-electron chi connectivity index (χ3n) is 3.43. The summed E-state index contributed by atoms with van der Waals surface area (Å²) in [4.78, 5) is 0.373. The zero-order valence-electron chi connectivity index (χ0n) is 11.0. The Balaban J connectivity index is 2.06. The molecule has 0 aliphatic rings. The Morgan fingerprint density at radius 2 is 2.05 bits per heavy atom. The lowest BCUT2D eigenvalue weighted by Crippen LogP contribution is -2.09. The van der Waals surface area contributed by atoms with E-state index in [0.29, 0.717) is 16.6 Å². The average Bonchev–Trinajstić information content (AvgIpc) is 2.85. The van der Waals surface area contributed by atoms with Gasteiger partial charge in [0.15, 0.2) is 0 Å². The molecule has 0 saturated carbocycles. The molecule has 0 saturated heterocycles.